The van der Waals surface area contributed by atoms with Crippen molar-refractivity contribution < 1.29 is 9.47 Å². The van der Waals surface area contributed by atoms with E-state index in [0.29, 0.717) is 12.1 Å². The first-order chi connectivity index (χ1) is 10.7. The second kappa shape index (κ2) is 8.54. The molecule has 0 saturated heterocycles. The van der Waals surface area contributed by atoms with E-state index in [4.69, 9.17) is 9.47 Å². The van der Waals surface area contributed by atoms with Crippen LogP contribution in [0.4, 0.5) is 0 Å². The van der Waals surface area contributed by atoms with Gasteiger partial charge in [0.2, 0.25) is 0 Å². The Bertz CT molecular complexity index is 457. The minimum Gasteiger partial charge on any atom is -0.497 e. The maximum absolute atomic E-state index is 5.62. The lowest BCUT2D eigenvalue weighted by atomic mass is 10.1. The zero-order chi connectivity index (χ0) is 15.9. The van der Waals surface area contributed by atoms with E-state index in [1.54, 1.807) is 7.11 Å². The first kappa shape index (κ1) is 17.3. The van der Waals surface area contributed by atoms with Gasteiger partial charge in [-0.15, -0.1) is 0 Å². The Morgan fingerprint density at radius 3 is 2.59 bits per heavy atom. The Kier molecular flexibility index (Phi) is 6.71. The number of rotatable bonds is 9. The highest BCUT2D eigenvalue weighted by atomic mass is 16.5. The quantitative estimate of drug-likeness (QED) is 0.694. The van der Waals surface area contributed by atoms with E-state index in [0.717, 1.165) is 31.6 Å². The molecule has 0 aromatic heterocycles. The summed E-state index contributed by atoms with van der Waals surface area (Å²) in [5.41, 5.74) is 2.94. The highest BCUT2D eigenvalue weighted by molar-refractivity contribution is 5.40. The van der Waals surface area contributed by atoms with Gasteiger partial charge < -0.3 is 9.47 Å². The third-order valence-electron chi connectivity index (χ3n) is 4.87. The van der Waals surface area contributed by atoms with Gasteiger partial charge in [-0.1, -0.05) is 26.3 Å². The monoisotopic (exact) mass is 305 g/mol. The molecule has 3 heteroatoms. The SMILES string of the molecule is CCCCN(CC(CC)OC)C1Cc2ccc(OC)cc2C1. The zero-order valence-electron chi connectivity index (χ0n) is 14.6. The average molecular weight is 305 g/mol. The van der Waals surface area contributed by atoms with Gasteiger partial charge in [0, 0.05) is 19.7 Å². The van der Waals surface area contributed by atoms with E-state index in [2.05, 4.69) is 36.9 Å². The molecule has 0 saturated carbocycles. The van der Waals surface area contributed by atoms with E-state index in [9.17, 15) is 0 Å². The minimum absolute atomic E-state index is 0.343. The van der Waals surface area contributed by atoms with Crippen LogP contribution in [0.3, 0.4) is 0 Å². The molecular weight excluding hydrogens is 274 g/mol. The van der Waals surface area contributed by atoms with E-state index in [-0.39, 0.29) is 0 Å². The number of nitrogens with zero attached hydrogens (tertiary/aromatic N) is 1. The van der Waals surface area contributed by atoms with Crippen molar-refractivity contribution in [2.45, 2.75) is 58.1 Å². The van der Waals surface area contributed by atoms with Crippen molar-refractivity contribution in [1.29, 1.82) is 0 Å². The van der Waals surface area contributed by atoms with Crippen LogP contribution in [-0.2, 0) is 17.6 Å². The average Bonchev–Trinajstić information content (AvgIpc) is 2.98. The van der Waals surface area contributed by atoms with Crippen LogP contribution in [0, 0.1) is 0 Å². The van der Waals surface area contributed by atoms with Crippen molar-refractivity contribution in [3.63, 3.8) is 0 Å². The van der Waals surface area contributed by atoms with Crippen LogP contribution >= 0.6 is 0 Å². The normalized spacial score (nSPS) is 18.5. The molecule has 1 aromatic rings. The molecule has 0 radical (unpaired) electrons. The lowest BCUT2D eigenvalue weighted by Gasteiger charge is -2.31. The first-order valence-corrected chi connectivity index (χ1v) is 8.64. The van der Waals surface area contributed by atoms with Gasteiger partial charge in [-0.3, -0.25) is 4.90 Å². The van der Waals surface area contributed by atoms with Crippen LogP contribution in [0.1, 0.15) is 44.2 Å². The van der Waals surface area contributed by atoms with Crippen molar-refractivity contribution in [2.24, 2.45) is 0 Å². The van der Waals surface area contributed by atoms with Crippen molar-refractivity contribution in [3.8, 4) is 5.75 Å². The third-order valence-corrected chi connectivity index (χ3v) is 4.87. The summed E-state index contributed by atoms with van der Waals surface area (Å²) >= 11 is 0. The summed E-state index contributed by atoms with van der Waals surface area (Å²) in [6.07, 6.45) is 6.21. The lowest BCUT2D eigenvalue weighted by molar-refractivity contribution is 0.0465. The molecule has 1 aliphatic carbocycles. The largest absolute Gasteiger partial charge is 0.497 e. The van der Waals surface area contributed by atoms with Crippen LogP contribution in [0.5, 0.6) is 5.75 Å². The van der Waals surface area contributed by atoms with Gasteiger partial charge in [-0.25, -0.2) is 0 Å². The standard InChI is InChI=1S/C19H31NO2/c1-5-7-10-20(14-18(6-2)21-3)17-11-15-8-9-19(22-4)13-16(15)12-17/h8-9,13,17-18H,5-7,10-12,14H2,1-4H3. The van der Waals surface area contributed by atoms with Gasteiger partial charge in [-0.05, 0) is 55.5 Å². The lowest BCUT2D eigenvalue weighted by Crippen LogP contribution is -2.42. The Labute approximate surface area is 135 Å². The molecule has 22 heavy (non-hydrogen) atoms. The zero-order valence-corrected chi connectivity index (χ0v) is 14.6. The number of fused-ring (bicyclic) bond motifs is 1. The van der Waals surface area contributed by atoms with Crippen molar-refractivity contribution in [2.75, 3.05) is 27.3 Å². The van der Waals surface area contributed by atoms with Gasteiger partial charge in [-0.2, -0.15) is 0 Å². The number of ether oxygens (including phenoxy) is 2. The highest BCUT2D eigenvalue weighted by Gasteiger charge is 2.28. The fourth-order valence-corrected chi connectivity index (χ4v) is 3.37. The second-order valence-electron chi connectivity index (χ2n) is 6.31. The van der Waals surface area contributed by atoms with Gasteiger partial charge in [0.25, 0.3) is 0 Å². The second-order valence-corrected chi connectivity index (χ2v) is 6.31. The van der Waals surface area contributed by atoms with Crippen LogP contribution in [0.2, 0.25) is 0 Å². The molecule has 3 nitrogen and oxygen atoms in total. The molecule has 1 aliphatic rings. The first-order valence-electron chi connectivity index (χ1n) is 8.64. The summed E-state index contributed by atoms with van der Waals surface area (Å²) < 4.78 is 11.0. The molecule has 124 valence electrons. The molecule has 0 N–H and O–H groups in total. The van der Waals surface area contributed by atoms with Crippen molar-refractivity contribution in [1.82, 2.24) is 4.90 Å². The summed E-state index contributed by atoms with van der Waals surface area (Å²) in [4.78, 5) is 2.65. The van der Waals surface area contributed by atoms with Gasteiger partial charge in [0.05, 0.1) is 13.2 Å². The summed E-state index contributed by atoms with van der Waals surface area (Å²) in [7, 11) is 3.58. The Morgan fingerprint density at radius 1 is 1.18 bits per heavy atom. The highest BCUT2D eigenvalue weighted by Crippen LogP contribution is 2.29. The van der Waals surface area contributed by atoms with Crippen LogP contribution < -0.4 is 4.74 Å². The Morgan fingerprint density at radius 2 is 1.95 bits per heavy atom. The predicted octanol–water partition coefficient (Wildman–Crippen LogP) is 3.69. The molecule has 0 spiro atoms. The predicted molar refractivity (Wildman–Crippen MR) is 91.8 cm³/mol. The maximum Gasteiger partial charge on any atom is 0.119 e. The fourth-order valence-electron chi connectivity index (χ4n) is 3.37. The molecule has 1 aromatic carbocycles. The van der Waals surface area contributed by atoms with Gasteiger partial charge in [0.1, 0.15) is 5.75 Å². The third kappa shape index (κ3) is 4.23. The number of hydrogen-bond donors (Lipinski definition) is 0. The van der Waals surface area contributed by atoms with E-state index < -0.39 is 0 Å². The Balaban J connectivity index is 2.05. The number of methoxy groups -OCH3 is 2. The number of hydrogen-bond acceptors (Lipinski definition) is 3. The van der Waals surface area contributed by atoms with Crippen LogP contribution in [-0.4, -0.2) is 44.4 Å². The molecule has 0 bridgehead atoms. The topological polar surface area (TPSA) is 21.7 Å². The molecule has 2 unspecified atom stereocenters. The van der Waals surface area contributed by atoms with Crippen LogP contribution in [0.15, 0.2) is 18.2 Å². The molecule has 0 heterocycles. The summed E-state index contributed by atoms with van der Waals surface area (Å²) in [5, 5.41) is 0. The van der Waals surface area contributed by atoms with Gasteiger partial charge >= 0.3 is 0 Å². The van der Waals surface area contributed by atoms with Crippen molar-refractivity contribution >= 4 is 0 Å². The smallest absolute Gasteiger partial charge is 0.119 e. The fraction of sp³-hybridized carbons (Fsp3) is 0.684. The molecule has 2 atom stereocenters. The number of unbranched alkanes of at least 4 members (excludes halogenated alkanes) is 1. The van der Waals surface area contributed by atoms with Crippen molar-refractivity contribution in [3.05, 3.63) is 29.3 Å². The molecule has 2 rings (SSSR count). The van der Waals surface area contributed by atoms with Crippen LogP contribution in [0.25, 0.3) is 0 Å². The van der Waals surface area contributed by atoms with E-state index in [1.165, 1.54) is 30.5 Å². The minimum atomic E-state index is 0.343. The number of benzene rings is 1. The summed E-state index contributed by atoms with van der Waals surface area (Å²) in [5.74, 6) is 0.975. The van der Waals surface area contributed by atoms with Gasteiger partial charge in [0.15, 0.2) is 0 Å². The molecule has 0 fully saturated rings. The van der Waals surface area contributed by atoms with E-state index in [1.807, 2.05) is 7.11 Å². The summed E-state index contributed by atoms with van der Waals surface area (Å²) in [6, 6.07) is 7.14. The van der Waals surface area contributed by atoms with E-state index >= 15 is 0 Å². The molecule has 0 aliphatic heterocycles. The molecule has 0 amide bonds. The Hall–Kier alpha value is -1.06. The summed E-state index contributed by atoms with van der Waals surface area (Å²) in [6.45, 7) is 6.69. The molecular formula is C19H31NO2. The maximum atomic E-state index is 5.62.